The van der Waals surface area contributed by atoms with E-state index in [2.05, 4.69) is 40.8 Å². The Morgan fingerprint density at radius 3 is 2.55 bits per heavy atom. The molecule has 2 aromatic rings. The number of ether oxygens (including phenoxy) is 1. The number of nitrogens with zero attached hydrogens (tertiary/aromatic N) is 1. The van der Waals surface area contributed by atoms with Crippen molar-refractivity contribution in [1.29, 1.82) is 0 Å². The molecule has 4 heteroatoms. The van der Waals surface area contributed by atoms with Crippen molar-refractivity contribution in [3.05, 3.63) is 52.1 Å². The van der Waals surface area contributed by atoms with Crippen LogP contribution in [0.2, 0.25) is 0 Å². The van der Waals surface area contributed by atoms with Gasteiger partial charge < -0.3 is 9.84 Å². The van der Waals surface area contributed by atoms with E-state index >= 15 is 0 Å². The van der Waals surface area contributed by atoms with Gasteiger partial charge in [0.15, 0.2) is 0 Å². The van der Waals surface area contributed by atoms with Gasteiger partial charge in [-0.15, -0.1) is 0 Å². The first kappa shape index (κ1) is 15.0. The molecule has 0 bridgehead atoms. The first-order valence-corrected chi connectivity index (χ1v) is 7.38. The number of aliphatic hydroxyl groups is 1. The molecular weight excluding hydrogens is 318 g/mol. The molecule has 0 aliphatic heterocycles. The molecule has 0 saturated carbocycles. The largest absolute Gasteiger partial charge is 0.439 e. The molecule has 106 valence electrons. The van der Waals surface area contributed by atoms with E-state index in [0.717, 1.165) is 21.3 Å². The molecule has 0 fully saturated rings. The van der Waals surface area contributed by atoms with Crippen LogP contribution in [0.4, 0.5) is 0 Å². The van der Waals surface area contributed by atoms with Crippen molar-refractivity contribution in [1.82, 2.24) is 4.98 Å². The highest BCUT2D eigenvalue weighted by Crippen LogP contribution is 2.32. The van der Waals surface area contributed by atoms with Crippen LogP contribution < -0.4 is 4.74 Å². The predicted molar refractivity (Wildman–Crippen MR) is 83.2 cm³/mol. The van der Waals surface area contributed by atoms with Crippen molar-refractivity contribution in [2.75, 3.05) is 0 Å². The third-order valence-electron chi connectivity index (χ3n) is 3.05. The maximum atomic E-state index is 9.60. The molecule has 20 heavy (non-hydrogen) atoms. The molecule has 0 aliphatic rings. The third-order valence-corrected chi connectivity index (χ3v) is 3.54. The molecule has 0 spiro atoms. The summed E-state index contributed by atoms with van der Waals surface area (Å²) in [7, 11) is 0. The van der Waals surface area contributed by atoms with Crippen LogP contribution >= 0.6 is 15.9 Å². The highest BCUT2D eigenvalue weighted by molar-refractivity contribution is 9.10. The monoisotopic (exact) mass is 335 g/mol. The van der Waals surface area contributed by atoms with Gasteiger partial charge in [-0.3, -0.25) is 0 Å². The fourth-order valence-corrected chi connectivity index (χ4v) is 2.30. The van der Waals surface area contributed by atoms with Crippen molar-refractivity contribution in [2.45, 2.75) is 32.8 Å². The average molecular weight is 336 g/mol. The van der Waals surface area contributed by atoms with E-state index in [1.165, 1.54) is 0 Å². The van der Waals surface area contributed by atoms with Gasteiger partial charge in [-0.1, -0.05) is 29.8 Å². The summed E-state index contributed by atoms with van der Waals surface area (Å²) in [4.78, 5) is 4.19. The summed E-state index contributed by atoms with van der Waals surface area (Å²) in [5.74, 6) is 1.63. The number of aliphatic hydroxyl groups excluding tert-OH is 1. The number of hydrogen-bond acceptors (Lipinski definition) is 3. The van der Waals surface area contributed by atoms with E-state index in [-0.39, 0.29) is 0 Å². The maximum Gasteiger partial charge on any atom is 0.219 e. The second-order valence-electron chi connectivity index (χ2n) is 5.04. The summed E-state index contributed by atoms with van der Waals surface area (Å²) in [6.45, 7) is 5.96. The van der Waals surface area contributed by atoms with Crippen molar-refractivity contribution < 1.29 is 9.84 Å². The Morgan fingerprint density at radius 1 is 1.15 bits per heavy atom. The number of pyridine rings is 1. The zero-order chi connectivity index (χ0) is 14.7. The molecular formula is C16H18BrNO2. The minimum atomic E-state index is -0.533. The highest BCUT2D eigenvalue weighted by Gasteiger charge is 2.11. The first-order chi connectivity index (χ1) is 9.47. The van der Waals surface area contributed by atoms with E-state index in [4.69, 9.17) is 4.74 Å². The fraction of sp³-hybridized carbons (Fsp3) is 0.312. The molecule has 0 radical (unpaired) electrons. The fourth-order valence-electron chi connectivity index (χ4n) is 1.92. The molecule has 1 atom stereocenters. The summed E-state index contributed by atoms with van der Waals surface area (Å²) >= 11 is 3.48. The molecule has 0 saturated heterocycles. The number of rotatable bonds is 4. The summed E-state index contributed by atoms with van der Waals surface area (Å²) in [6.07, 6.45) is 1.11. The predicted octanol–water partition coefficient (Wildman–Crippen LogP) is 4.81. The summed E-state index contributed by atoms with van der Waals surface area (Å²) in [6, 6.07) is 9.47. The standard InChI is InChI=1S/C16H18BrNO2/c1-10(2)14-9-13(17)4-5-15(14)20-16-8-12(11(3)19)6-7-18-16/h4-11,19H,1-3H3/t11-/m0/s1. The zero-order valence-electron chi connectivity index (χ0n) is 11.8. The van der Waals surface area contributed by atoms with E-state index in [1.807, 2.05) is 12.1 Å². The summed E-state index contributed by atoms with van der Waals surface area (Å²) in [5, 5.41) is 9.60. The molecule has 0 amide bonds. The lowest BCUT2D eigenvalue weighted by Gasteiger charge is -2.14. The quantitative estimate of drug-likeness (QED) is 0.871. The SMILES string of the molecule is CC(C)c1cc(Br)ccc1Oc1cc([C@H](C)O)ccn1. The topological polar surface area (TPSA) is 42.4 Å². The van der Waals surface area contributed by atoms with Gasteiger partial charge in [-0.2, -0.15) is 0 Å². The van der Waals surface area contributed by atoms with Crippen LogP contribution in [-0.2, 0) is 0 Å². The Hall–Kier alpha value is -1.39. The molecule has 1 heterocycles. The average Bonchev–Trinajstić information content (AvgIpc) is 2.41. The molecule has 1 aromatic heterocycles. The number of hydrogen-bond donors (Lipinski definition) is 1. The van der Waals surface area contributed by atoms with E-state index in [0.29, 0.717) is 11.8 Å². The van der Waals surface area contributed by atoms with Crippen LogP contribution in [0.5, 0.6) is 11.6 Å². The Morgan fingerprint density at radius 2 is 1.90 bits per heavy atom. The van der Waals surface area contributed by atoms with Crippen molar-refractivity contribution >= 4 is 15.9 Å². The first-order valence-electron chi connectivity index (χ1n) is 6.58. The van der Waals surface area contributed by atoms with Gasteiger partial charge in [0.25, 0.3) is 0 Å². The Kier molecular flexibility index (Phi) is 4.78. The van der Waals surface area contributed by atoms with Crippen molar-refractivity contribution in [3.63, 3.8) is 0 Å². The molecule has 0 aliphatic carbocycles. The van der Waals surface area contributed by atoms with Crippen LogP contribution in [0.25, 0.3) is 0 Å². The summed E-state index contributed by atoms with van der Waals surface area (Å²) < 4.78 is 6.90. The second kappa shape index (κ2) is 6.37. The van der Waals surface area contributed by atoms with Gasteiger partial charge in [-0.25, -0.2) is 4.98 Å². The Balaban J connectivity index is 2.32. The van der Waals surface area contributed by atoms with Gasteiger partial charge in [0.05, 0.1) is 6.10 Å². The van der Waals surface area contributed by atoms with Crippen molar-refractivity contribution in [2.24, 2.45) is 0 Å². The molecule has 0 unspecified atom stereocenters. The van der Waals surface area contributed by atoms with Gasteiger partial charge >= 0.3 is 0 Å². The van der Waals surface area contributed by atoms with Crippen LogP contribution in [-0.4, -0.2) is 10.1 Å². The van der Waals surface area contributed by atoms with E-state index < -0.39 is 6.10 Å². The normalized spacial score (nSPS) is 12.5. The van der Waals surface area contributed by atoms with Crippen LogP contribution in [0.3, 0.4) is 0 Å². The van der Waals surface area contributed by atoms with Crippen LogP contribution in [0.15, 0.2) is 41.0 Å². The number of aromatic nitrogens is 1. The van der Waals surface area contributed by atoms with E-state index in [1.54, 1.807) is 25.3 Å². The van der Waals surface area contributed by atoms with Crippen LogP contribution in [0, 0.1) is 0 Å². The lowest BCUT2D eigenvalue weighted by Crippen LogP contribution is -1.97. The molecule has 1 aromatic carbocycles. The number of benzene rings is 1. The second-order valence-corrected chi connectivity index (χ2v) is 5.96. The molecule has 2 rings (SSSR count). The van der Waals surface area contributed by atoms with Gasteiger partial charge in [0, 0.05) is 16.7 Å². The lowest BCUT2D eigenvalue weighted by molar-refractivity contribution is 0.198. The van der Waals surface area contributed by atoms with Gasteiger partial charge in [0.2, 0.25) is 5.88 Å². The molecule has 1 N–H and O–H groups in total. The smallest absolute Gasteiger partial charge is 0.219 e. The third kappa shape index (κ3) is 3.58. The van der Waals surface area contributed by atoms with Crippen molar-refractivity contribution in [3.8, 4) is 11.6 Å². The van der Waals surface area contributed by atoms with Gasteiger partial charge in [0.1, 0.15) is 5.75 Å². The minimum absolute atomic E-state index is 0.349. The van der Waals surface area contributed by atoms with Crippen LogP contribution in [0.1, 0.15) is 43.9 Å². The zero-order valence-corrected chi connectivity index (χ0v) is 13.4. The van der Waals surface area contributed by atoms with E-state index in [9.17, 15) is 5.11 Å². The summed E-state index contributed by atoms with van der Waals surface area (Å²) in [5.41, 5.74) is 1.90. The Labute approximate surface area is 127 Å². The molecule has 3 nitrogen and oxygen atoms in total. The number of halogens is 1. The Bertz CT molecular complexity index is 597. The highest BCUT2D eigenvalue weighted by atomic mass is 79.9. The lowest BCUT2D eigenvalue weighted by atomic mass is 10.0. The maximum absolute atomic E-state index is 9.60. The minimum Gasteiger partial charge on any atom is -0.439 e. The van der Waals surface area contributed by atoms with Gasteiger partial charge in [-0.05, 0) is 48.2 Å².